The van der Waals surface area contributed by atoms with Crippen molar-refractivity contribution in [1.82, 2.24) is 10.3 Å². The lowest BCUT2D eigenvalue weighted by Crippen LogP contribution is -2.27. The lowest BCUT2D eigenvalue weighted by molar-refractivity contribution is 0.0932. The third kappa shape index (κ3) is 5.11. The molecule has 0 unspecified atom stereocenters. The van der Waals surface area contributed by atoms with E-state index in [1.54, 1.807) is 26.5 Å². The molecule has 0 radical (unpaired) electrons. The molecule has 2 N–H and O–H groups in total. The van der Waals surface area contributed by atoms with Crippen molar-refractivity contribution in [1.29, 1.82) is 0 Å². The third-order valence-corrected chi connectivity index (χ3v) is 2.22. The molecule has 1 heterocycles. The number of anilines is 1. The Balaban J connectivity index is 2.49. The lowest BCUT2D eigenvalue weighted by Gasteiger charge is -2.07. The van der Waals surface area contributed by atoms with Gasteiger partial charge < -0.3 is 20.1 Å². The molecule has 1 aromatic rings. The summed E-state index contributed by atoms with van der Waals surface area (Å²) in [6.45, 7) is 2.25. The van der Waals surface area contributed by atoms with E-state index in [4.69, 9.17) is 9.47 Å². The zero-order valence-electron chi connectivity index (χ0n) is 10.7. The van der Waals surface area contributed by atoms with Gasteiger partial charge in [0.25, 0.3) is 5.91 Å². The second kappa shape index (κ2) is 8.43. The largest absolute Gasteiger partial charge is 0.383 e. The number of hydrogen-bond donors (Lipinski definition) is 2. The summed E-state index contributed by atoms with van der Waals surface area (Å²) in [5, 5.41) is 5.85. The molecule has 0 aliphatic heterocycles. The monoisotopic (exact) mass is 253 g/mol. The van der Waals surface area contributed by atoms with Gasteiger partial charge >= 0.3 is 0 Å². The van der Waals surface area contributed by atoms with E-state index in [-0.39, 0.29) is 5.91 Å². The van der Waals surface area contributed by atoms with Gasteiger partial charge in [-0.2, -0.15) is 0 Å². The fraction of sp³-hybridized carbons (Fsp3) is 0.500. The number of hydrogen-bond acceptors (Lipinski definition) is 5. The first-order valence-corrected chi connectivity index (χ1v) is 5.74. The Morgan fingerprint density at radius 1 is 1.28 bits per heavy atom. The summed E-state index contributed by atoms with van der Waals surface area (Å²) in [7, 11) is 3.23. The van der Waals surface area contributed by atoms with Gasteiger partial charge in [0.05, 0.1) is 13.2 Å². The molecule has 100 valence electrons. The van der Waals surface area contributed by atoms with E-state index in [1.807, 2.05) is 6.07 Å². The van der Waals surface area contributed by atoms with E-state index >= 15 is 0 Å². The van der Waals surface area contributed by atoms with Crippen molar-refractivity contribution in [2.45, 2.75) is 0 Å². The van der Waals surface area contributed by atoms with Crippen molar-refractivity contribution >= 4 is 11.6 Å². The molecule has 0 aromatic carbocycles. The highest BCUT2D eigenvalue weighted by atomic mass is 16.5. The minimum Gasteiger partial charge on any atom is -0.383 e. The fourth-order valence-corrected chi connectivity index (χ4v) is 1.32. The van der Waals surface area contributed by atoms with Crippen LogP contribution in [0.1, 0.15) is 10.5 Å². The summed E-state index contributed by atoms with van der Waals surface area (Å²) in [4.78, 5) is 15.7. The van der Waals surface area contributed by atoms with Crippen LogP contribution >= 0.6 is 0 Å². The Morgan fingerprint density at radius 2 is 2.00 bits per heavy atom. The molecule has 6 nitrogen and oxygen atoms in total. The maximum Gasteiger partial charge on any atom is 0.270 e. The zero-order valence-corrected chi connectivity index (χ0v) is 10.7. The van der Waals surface area contributed by atoms with Gasteiger partial charge in [-0.3, -0.25) is 9.78 Å². The van der Waals surface area contributed by atoms with Crippen LogP contribution < -0.4 is 10.6 Å². The van der Waals surface area contributed by atoms with Gasteiger partial charge in [-0.25, -0.2) is 0 Å². The smallest absolute Gasteiger partial charge is 0.270 e. The Kier molecular flexibility index (Phi) is 6.75. The van der Waals surface area contributed by atoms with E-state index in [0.29, 0.717) is 32.0 Å². The van der Waals surface area contributed by atoms with Crippen LogP contribution in [0.15, 0.2) is 18.3 Å². The Morgan fingerprint density at radius 3 is 2.72 bits per heavy atom. The molecule has 0 aliphatic rings. The van der Waals surface area contributed by atoms with Crippen molar-refractivity contribution in [3.8, 4) is 0 Å². The number of nitrogens with zero attached hydrogens (tertiary/aromatic N) is 1. The number of nitrogens with one attached hydrogen (secondary N) is 2. The highest BCUT2D eigenvalue weighted by molar-refractivity contribution is 5.93. The Hall–Kier alpha value is -1.66. The molecule has 0 spiro atoms. The molecule has 0 fully saturated rings. The van der Waals surface area contributed by atoms with Crippen molar-refractivity contribution in [3.63, 3.8) is 0 Å². The van der Waals surface area contributed by atoms with Crippen LogP contribution in [0.5, 0.6) is 0 Å². The van der Waals surface area contributed by atoms with Gasteiger partial charge in [-0.05, 0) is 12.1 Å². The molecule has 0 bridgehead atoms. The predicted molar refractivity (Wildman–Crippen MR) is 68.8 cm³/mol. The molecule has 6 heteroatoms. The highest BCUT2D eigenvalue weighted by Crippen LogP contribution is 2.07. The van der Waals surface area contributed by atoms with Crippen LogP contribution in [-0.2, 0) is 9.47 Å². The Labute approximate surface area is 107 Å². The third-order valence-electron chi connectivity index (χ3n) is 2.22. The van der Waals surface area contributed by atoms with Gasteiger partial charge in [0.15, 0.2) is 0 Å². The molecular weight excluding hydrogens is 234 g/mol. The van der Waals surface area contributed by atoms with E-state index in [9.17, 15) is 4.79 Å². The molecule has 0 atom stereocenters. The first-order chi connectivity index (χ1) is 8.77. The predicted octanol–water partition coefficient (Wildman–Crippen LogP) is 0.516. The number of ether oxygens (including phenoxy) is 2. The molecule has 0 saturated heterocycles. The van der Waals surface area contributed by atoms with E-state index < -0.39 is 0 Å². The number of carbonyl (C=O) groups is 1. The van der Waals surface area contributed by atoms with Crippen molar-refractivity contribution in [2.75, 3.05) is 45.8 Å². The number of carbonyl (C=O) groups excluding carboxylic acids is 1. The quantitative estimate of drug-likeness (QED) is 0.661. The van der Waals surface area contributed by atoms with Crippen molar-refractivity contribution < 1.29 is 14.3 Å². The number of methoxy groups -OCH3 is 2. The molecule has 0 aliphatic carbocycles. The summed E-state index contributed by atoms with van der Waals surface area (Å²) < 4.78 is 9.79. The minimum atomic E-state index is -0.206. The normalized spacial score (nSPS) is 10.1. The molecule has 18 heavy (non-hydrogen) atoms. The van der Waals surface area contributed by atoms with Crippen LogP contribution in [0.3, 0.4) is 0 Å². The zero-order chi connectivity index (χ0) is 13.2. The van der Waals surface area contributed by atoms with Gasteiger partial charge in [0, 0.05) is 39.2 Å². The molecule has 1 amide bonds. The maximum atomic E-state index is 11.7. The van der Waals surface area contributed by atoms with E-state index in [0.717, 1.165) is 5.69 Å². The summed E-state index contributed by atoms with van der Waals surface area (Å²) in [5.74, 6) is -0.206. The molecule has 1 aromatic heterocycles. The highest BCUT2D eigenvalue weighted by Gasteiger charge is 2.06. The van der Waals surface area contributed by atoms with Crippen molar-refractivity contribution in [2.24, 2.45) is 0 Å². The molecule has 1 rings (SSSR count). The van der Waals surface area contributed by atoms with Crippen LogP contribution in [-0.4, -0.2) is 51.4 Å². The summed E-state index contributed by atoms with van der Waals surface area (Å²) >= 11 is 0. The second-order valence-corrected chi connectivity index (χ2v) is 3.60. The van der Waals surface area contributed by atoms with Crippen LogP contribution in [0, 0.1) is 0 Å². The number of pyridine rings is 1. The summed E-state index contributed by atoms with van der Waals surface area (Å²) in [6.07, 6.45) is 1.60. The van der Waals surface area contributed by atoms with Gasteiger partial charge in [-0.1, -0.05) is 0 Å². The number of aromatic nitrogens is 1. The van der Waals surface area contributed by atoms with Crippen LogP contribution in [0.4, 0.5) is 5.69 Å². The van der Waals surface area contributed by atoms with Gasteiger partial charge in [0.2, 0.25) is 0 Å². The lowest BCUT2D eigenvalue weighted by atomic mass is 10.3. The van der Waals surface area contributed by atoms with E-state index in [2.05, 4.69) is 15.6 Å². The topological polar surface area (TPSA) is 72.5 Å². The average molecular weight is 253 g/mol. The SMILES string of the molecule is COCCNC(=O)c1cc(NCCOC)ccn1. The standard InChI is InChI=1S/C12H19N3O3/c1-17-7-5-13-10-3-4-14-11(9-10)12(16)15-6-8-18-2/h3-4,9H,5-8H2,1-2H3,(H,13,14)(H,15,16). The molecule has 0 saturated carbocycles. The van der Waals surface area contributed by atoms with Gasteiger partial charge in [-0.15, -0.1) is 0 Å². The first-order valence-electron chi connectivity index (χ1n) is 5.74. The second-order valence-electron chi connectivity index (χ2n) is 3.60. The first kappa shape index (κ1) is 14.4. The number of amides is 1. The van der Waals surface area contributed by atoms with Gasteiger partial charge in [0.1, 0.15) is 5.69 Å². The average Bonchev–Trinajstić information content (AvgIpc) is 2.39. The van der Waals surface area contributed by atoms with Crippen LogP contribution in [0.2, 0.25) is 0 Å². The van der Waals surface area contributed by atoms with E-state index in [1.165, 1.54) is 0 Å². The summed E-state index contributed by atoms with van der Waals surface area (Å²) in [5.41, 5.74) is 1.23. The van der Waals surface area contributed by atoms with Crippen LogP contribution in [0.25, 0.3) is 0 Å². The van der Waals surface area contributed by atoms with Crippen molar-refractivity contribution in [3.05, 3.63) is 24.0 Å². The molecular formula is C12H19N3O3. The summed E-state index contributed by atoms with van der Waals surface area (Å²) in [6, 6.07) is 3.51. The maximum absolute atomic E-state index is 11.7. The minimum absolute atomic E-state index is 0.206. The number of rotatable bonds is 8. The Bertz CT molecular complexity index is 371. The fourth-order valence-electron chi connectivity index (χ4n) is 1.32.